The Morgan fingerprint density at radius 2 is 1.34 bits per heavy atom. The zero-order valence-corrected chi connectivity index (χ0v) is 46.2. The minimum absolute atomic E-state index is 0.0424. The Labute approximate surface area is 447 Å². The molecule has 1 amide bonds. The van der Waals surface area contributed by atoms with Gasteiger partial charge in [-0.05, 0) is 82.0 Å². The summed E-state index contributed by atoms with van der Waals surface area (Å²) >= 11 is 0. The van der Waals surface area contributed by atoms with Crippen molar-refractivity contribution >= 4 is 31.6 Å². The van der Waals surface area contributed by atoms with Crippen LogP contribution in [0.1, 0.15) is 96.7 Å². The number of H-pyrrole nitrogens is 1. The third-order valence-corrected chi connectivity index (χ3v) is 15.3. The van der Waals surface area contributed by atoms with E-state index in [1.807, 2.05) is 107 Å². The van der Waals surface area contributed by atoms with E-state index in [-0.39, 0.29) is 38.2 Å². The average molecular weight is 1100 g/mol. The topological polar surface area (TPSA) is 257 Å². The number of rotatable bonds is 25. The van der Waals surface area contributed by atoms with Gasteiger partial charge < -0.3 is 47.9 Å². The number of aryl methyl sites for hydroxylation is 1. The molecule has 2 saturated heterocycles. The lowest BCUT2D eigenvalue weighted by atomic mass is 9.80. The first-order valence-corrected chi connectivity index (χ1v) is 26.8. The van der Waals surface area contributed by atoms with Crippen LogP contribution >= 0.6 is 7.75 Å². The Balaban J connectivity index is 1.33. The molecule has 420 valence electrons. The number of carbonyl (C=O) groups excluding carboxylic acids is 4. The Hall–Kier alpha value is -6.23. The van der Waals surface area contributed by atoms with Gasteiger partial charge in [0.25, 0.3) is 5.56 Å². The summed E-state index contributed by atoms with van der Waals surface area (Å²) in [5.74, 6) is -1.50. The number of ether oxygens (including phenoxy) is 9. The van der Waals surface area contributed by atoms with Crippen LogP contribution in [0.25, 0.3) is 0 Å². The van der Waals surface area contributed by atoms with E-state index in [1.54, 1.807) is 25.8 Å². The lowest BCUT2D eigenvalue weighted by Crippen LogP contribution is -2.66. The minimum Gasteiger partial charge on any atom is -0.497 e. The molecule has 0 bridgehead atoms. The van der Waals surface area contributed by atoms with Crippen LogP contribution in [0.4, 0.5) is 0 Å². The van der Waals surface area contributed by atoms with Gasteiger partial charge in [-0.25, -0.2) is 14.0 Å². The van der Waals surface area contributed by atoms with Gasteiger partial charge in [-0.1, -0.05) is 54.6 Å². The molecule has 0 spiro atoms. The van der Waals surface area contributed by atoms with Crippen LogP contribution < -0.4 is 26.0 Å². The van der Waals surface area contributed by atoms with Crippen LogP contribution in [-0.2, 0) is 71.5 Å². The van der Waals surface area contributed by atoms with Crippen molar-refractivity contribution in [2.75, 3.05) is 40.6 Å². The highest BCUT2D eigenvalue weighted by Crippen LogP contribution is 2.57. The van der Waals surface area contributed by atoms with E-state index in [0.29, 0.717) is 11.5 Å². The summed E-state index contributed by atoms with van der Waals surface area (Å²) in [6.07, 6.45) is -6.95. The molecule has 3 heterocycles. The van der Waals surface area contributed by atoms with Crippen LogP contribution in [0.3, 0.4) is 0 Å². The molecule has 2 aliphatic rings. The van der Waals surface area contributed by atoms with Gasteiger partial charge in [0.05, 0.1) is 34.0 Å². The van der Waals surface area contributed by atoms with Crippen LogP contribution in [0.5, 0.6) is 11.5 Å². The van der Waals surface area contributed by atoms with Gasteiger partial charge in [0.1, 0.15) is 54.3 Å². The molecule has 2 aliphatic heterocycles. The molecule has 4 aromatic rings. The van der Waals surface area contributed by atoms with Gasteiger partial charge in [0, 0.05) is 58.0 Å². The van der Waals surface area contributed by atoms with Gasteiger partial charge in [-0.3, -0.25) is 42.6 Å². The number of aromatic amines is 1. The Morgan fingerprint density at radius 3 is 1.87 bits per heavy atom. The monoisotopic (exact) mass is 1090 g/mol. The highest BCUT2D eigenvalue weighted by atomic mass is 31.2. The van der Waals surface area contributed by atoms with E-state index in [9.17, 15) is 28.8 Å². The van der Waals surface area contributed by atoms with Crippen molar-refractivity contribution in [2.24, 2.45) is 0 Å². The van der Waals surface area contributed by atoms with Gasteiger partial charge in [-0.15, -0.1) is 0 Å². The van der Waals surface area contributed by atoms with Gasteiger partial charge in [0.15, 0.2) is 18.5 Å². The quantitative estimate of drug-likeness (QED) is 0.0259. The predicted molar refractivity (Wildman–Crippen MR) is 278 cm³/mol. The second kappa shape index (κ2) is 26.9. The van der Waals surface area contributed by atoms with Crippen molar-refractivity contribution in [1.29, 1.82) is 0 Å². The fraction of sp³-hybridized carbons (Fsp3) is 0.519. The second-order valence-corrected chi connectivity index (χ2v) is 21.0. The summed E-state index contributed by atoms with van der Waals surface area (Å²) in [6.45, 7) is 12.6. The number of hydrogen-bond acceptors (Lipinski definition) is 18. The summed E-state index contributed by atoms with van der Waals surface area (Å²) in [5, 5.41) is 2.67. The number of hydrogen-bond donors (Lipinski definition) is 2. The van der Waals surface area contributed by atoms with E-state index < -0.39 is 116 Å². The molecular weight excluding hydrogens is 1020 g/mol. The van der Waals surface area contributed by atoms with Crippen molar-refractivity contribution in [1.82, 2.24) is 19.5 Å². The number of nitrogens with one attached hydrogen (secondary N) is 2. The maximum atomic E-state index is 15.8. The Kier molecular flexibility index (Phi) is 21.0. The molecule has 77 heavy (non-hydrogen) atoms. The molecule has 0 aliphatic carbocycles. The number of carbonyl (C=O) groups is 4. The number of nitrogens with zero attached hydrogens (tertiary/aromatic N) is 2. The number of methoxy groups -OCH3 is 2. The van der Waals surface area contributed by atoms with Crippen LogP contribution in [0.2, 0.25) is 0 Å². The molecule has 1 aromatic heterocycles. The van der Waals surface area contributed by atoms with Crippen molar-refractivity contribution < 1.29 is 75.4 Å². The molecule has 2 fully saturated rings. The highest BCUT2D eigenvalue weighted by Gasteiger charge is 2.52. The standard InChI is InChI=1S/C54H71N4O18P/c1-32(2)58(33(3)4)77(65,71-27-15-26-68-52-48(55-35(6)59)50(73-38(9)62)49(72-37(8)61)46(75-52)30-69-36(7)60)76-44-28-47(57-29-34(5)51(63)56-53(57)64)74-45(44)31-70-54(39-16-13-12-14-17-39,40-18-22-42(66-10)23-19-40)41-20-24-43(67-11)25-21-41/h12-14,16-25,29,32-33,44-50,52H,15,26-28,30-31H2,1-11H3,(H,55,59)(H,56,63,64)/t44-,45+,46+,47+,48+,49+,50+,52+,77?/m0/s1. The van der Waals surface area contributed by atoms with E-state index in [2.05, 4.69) is 10.3 Å². The predicted octanol–water partition coefficient (Wildman–Crippen LogP) is 5.85. The van der Waals surface area contributed by atoms with Gasteiger partial charge in [0.2, 0.25) is 5.91 Å². The molecule has 3 aromatic carbocycles. The largest absolute Gasteiger partial charge is 0.497 e. The van der Waals surface area contributed by atoms with Crippen LogP contribution in [0, 0.1) is 6.92 Å². The molecule has 1 unspecified atom stereocenters. The maximum Gasteiger partial charge on any atom is 0.409 e. The molecule has 0 radical (unpaired) electrons. The highest BCUT2D eigenvalue weighted by molar-refractivity contribution is 7.51. The Bertz CT molecular complexity index is 2730. The number of amides is 1. The molecule has 22 nitrogen and oxygen atoms in total. The second-order valence-electron chi connectivity index (χ2n) is 19.1. The summed E-state index contributed by atoms with van der Waals surface area (Å²) in [7, 11) is -1.23. The van der Waals surface area contributed by atoms with Crippen LogP contribution in [-0.4, -0.2) is 134 Å². The first kappa shape index (κ1) is 60.0. The van der Waals surface area contributed by atoms with Gasteiger partial charge in [-0.2, -0.15) is 0 Å². The van der Waals surface area contributed by atoms with Crippen LogP contribution in [0.15, 0.2) is 94.6 Å². The smallest absolute Gasteiger partial charge is 0.409 e. The maximum absolute atomic E-state index is 15.8. The summed E-state index contributed by atoms with van der Waals surface area (Å²) < 4.78 is 85.5. The van der Waals surface area contributed by atoms with E-state index in [1.165, 1.54) is 24.6 Å². The van der Waals surface area contributed by atoms with Crippen molar-refractivity contribution in [2.45, 2.75) is 142 Å². The fourth-order valence-electron chi connectivity index (χ4n) is 9.57. The lowest BCUT2D eigenvalue weighted by Gasteiger charge is -2.45. The molecule has 9 atom stereocenters. The minimum atomic E-state index is -4.39. The SMILES string of the molecule is COc1ccc(C(OC[C@H]2O[C@@H](n3cc(C)c(=O)[nH]c3=O)C[C@@H]2OP(=O)(OCCCO[C@@H]2O[C@H](COC(C)=O)[C@@H](OC(C)=O)[C@H](OC(C)=O)[C@H]2NC(C)=O)N(C(C)C)C(C)C)(c2ccccc2)c2ccc(OC)cc2)cc1. The van der Waals surface area contributed by atoms with E-state index in [4.69, 9.17) is 51.7 Å². The van der Waals surface area contributed by atoms with Gasteiger partial charge >= 0.3 is 31.3 Å². The third-order valence-electron chi connectivity index (χ3n) is 12.8. The molecule has 6 rings (SSSR count). The fourth-order valence-corrected chi connectivity index (χ4v) is 11.9. The summed E-state index contributed by atoms with van der Waals surface area (Å²) in [4.78, 5) is 77.5. The van der Waals surface area contributed by atoms with Crippen molar-refractivity contribution in [3.63, 3.8) is 0 Å². The first-order valence-electron chi connectivity index (χ1n) is 25.3. The molecule has 2 N–H and O–H groups in total. The van der Waals surface area contributed by atoms with E-state index >= 15 is 4.57 Å². The van der Waals surface area contributed by atoms with Crippen molar-refractivity contribution in [3.8, 4) is 11.5 Å². The lowest BCUT2D eigenvalue weighted by molar-refractivity contribution is -0.278. The molecular formula is C54H71N4O18P. The first-order chi connectivity index (χ1) is 36.6. The number of esters is 3. The number of aromatic nitrogens is 2. The molecule has 0 saturated carbocycles. The third kappa shape index (κ3) is 14.9. The Morgan fingerprint density at radius 1 is 0.766 bits per heavy atom. The zero-order valence-electron chi connectivity index (χ0n) is 45.3. The average Bonchev–Trinajstić information content (AvgIpc) is 3.80. The van der Waals surface area contributed by atoms with E-state index in [0.717, 1.165) is 30.5 Å². The summed E-state index contributed by atoms with van der Waals surface area (Å²) in [5.41, 5.74) is -0.151. The summed E-state index contributed by atoms with van der Waals surface area (Å²) in [6, 6.07) is 22.5. The number of benzene rings is 3. The van der Waals surface area contributed by atoms with Crippen molar-refractivity contribution in [3.05, 3.63) is 128 Å². The zero-order chi connectivity index (χ0) is 56.2. The molecule has 23 heteroatoms. The normalized spacial score (nSPS) is 22.3.